The van der Waals surface area contributed by atoms with Crippen LogP contribution in [0.2, 0.25) is 5.02 Å². The number of nitrogens with zero attached hydrogens (tertiary/aromatic N) is 3. The molecule has 196 valence electrons. The minimum Gasteiger partial charge on any atom is -0.496 e. The number of benzene rings is 2. The zero-order valence-electron chi connectivity index (χ0n) is 20.9. The highest BCUT2D eigenvalue weighted by Gasteiger charge is 2.12. The number of carbonyl (C=O) groups is 2. The van der Waals surface area contributed by atoms with Crippen LogP contribution in [0.1, 0.15) is 34.7 Å². The van der Waals surface area contributed by atoms with Crippen LogP contribution in [-0.2, 0) is 35.3 Å². The second-order valence-electron chi connectivity index (χ2n) is 8.60. The maximum absolute atomic E-state index is 12.4. The number of hydrogen-bond acceptors (Lipinski definition) is 7. The zero-order chi connectivity index (χ0) is 26.7. The Morgan fingerprint density at radius 3 is 2.34 bits per heavy atom. The van der Waals surface area contributed by atoms with Gasteiger partial charge in [-0.1, -0.05) is 59.3 Å². The zero-order valence-corrected chi connectivity index (χ0v) is 22.5. The molecule has 0 aliphatic heterocycles. The van der Waals surface area contributed by atoms with Crippen LogP contribution < -0.4 is 15.4 Å². The molecule has 0 aliphatic carbocycles. The molecule has 0 aliphatic rings. The SMILES string of the molecule is COc1ccccc1CC(=O)Nc1nnc(CCCCc2ccc(NC(=O)Cc3ccccc3Cl)cn2)s1. The van der Waals surface area contributed by atoms with Gasteiger partial charge in [0.15, 0.2) is 0 Å². The highest BCUT2D eigenvalue weighted by molar-refractivity contribution is 7.15. The van der Waals surface area contributed by atoms with Gasteiger partial charge in [0.05, 0.1) is 31.8 Å². The minimum atomic E-state index is -0.160. The number of ether oxygens (including phenoxy) is 1. The van der Waals surface area contributed by atoms with Crippen molar-refractivity contribution in [3.8, 4) is 5.75 Å². The number of methoxy groups -OCH3 is 1. The van der Waals surface area contributed by atoms with Crippen LogP contribution in [0.4, 0.5) is 10.8 Å². The Morgan fingerprint density at radius 2 is 1.58 bits per heavy atom. The molecule has 0 unspecified atom stereocenters. The van der Waals surface area contributed by atoms with Crippen LogP contribution >= 0.6 is 22.9 Å². The number of nitrogens with one attached hydrogen (secondary N) is 2. The van der Waals surface area contributed by atoms with E-state index >= 15 is 0 Å². The number of amides is 2. The summed E-state index contributed by atoms with van der Waals surface area (Å²) in [5.74, 6) is 0.384. The molecule has 0 spiro atoms. The number of carbonyl (C=O) groups excluding carboxylic acids is 2. The van der Waals surface area contributed by atoms with Crippen molar-refractivity contribution in [3.63, 3.8) is 0 Å². The third kappa shape index (κ3) is 8.09. The van der Waals surface area contributed by atoms with Crippen LogP contribution in [0.5, 0.6) is 5.75 Å². The Bertz CT molecular complexity index is 1380. The normalized spacial score (nSPS) is 10.7. The summed E-state index contributed by atoms with van der Waals surface area (Å²) >= 11 is 7.52. The lowest BCUT2D eigenvalue weighted by atomic mass is 10.1. The molecule has 2 aromatic carbocycles. The van der Waals surface area contributed by atoms with Crippen LogP contribution in [0.25, 0.3) is 0 Å². The van der Waals surface area contributed by atoms with E-state index in [1.807, 2.05) is 54.6 Å². The Labute approximate surface area is 230 Å². The fourth-order valence-corrected chi connectivity index (χ4v) is 4.84. The summed E-state index contributed by atoms with van der Waals surface area (Å²) in [6, 6.07) is 18.5. The molecule has 2 amide bonds. The molecule has 4 rings (SSSR count). The molecule has 4 aromatic rings. The molecule has 0 fully saturated rings. The first kappa shape index (κ1) is 27.2. The van der Waals surface area contributed by atoms with Gasteiger partial charge in [0, 0.05) is 22.7 Å². The van der Waals surface area contributed by atoms with Crippen molar-refractivity contribution < 1.29 is 14.3 Å². The Hall–Kier alpha value is -3.82. The monoisotopic (exact) mass is 549 g/mol. The average Bonchev–Trinajstić information content (AvgIpc) is 3.36. The number of aryl methyl sites for hydroxylation is 2. The van der Waals surface area contributed by atoms with E-state index in [0.717, 1.165) is 47.5 Å². The van der Waals surface area contributed by atoms with Gasteiger partial charge in [0.25, 0.3) is 0 Å². The predicted molar refractivity (Wildman–Crippen MR) is 150 cm³/mol. The van der Waals surface area contributed by atoms with Crippen molar-refractivity contribution in [2.24, 2.45) is 0 Å². The highest BCUT2D eigenvalue weighted by Crippen LogP contribution is 2.21. The molecule has 0 atom stereocenters. The first-order chi connectivity index (χ1) is 18.5. The number of pyridine rings is 1. The number of unbranched alkanes of at least 4 members (excludes halogenated alkanes) is 1. The highest BCUT2D eigenvalue weighted by atomic mass is 35.5. The van der Waals surface area contributed by atoms with Crippen LogP contribution in [0.3, 0.4) is 0 Å². The lowest BCUT2D eigenvalue weighted by Gasteiger charge is -2.07. The van der Waals surface area contributed by atoms with Gasteiger partial charge in [0.2, 0.25) is 16.9 Å². The molecule has 8 nitrogen and oxygen atoms in total. The summed E-state index contributed by atoms with van der Waals surface area (Å²) < 4.78 is 5.30. The molecule has 38 heavy (non-hydrogen) atoms. The van der Waals surface area contributed by atoms with Gasteiger partial charge in [-0.3, -0.25) is 14.6 Å². The van der Waals surface area contributed by atoms with Gasteiger partial charge in [-0.2, -0.15) is 0 Å². The molecule has 0 bridgehead atoms. The van der Waals surface area contributed by atoms with E-state index in [-0.39, 0.29) is 24.7 Å². The van der Waals surface area contributed by atoms with E-state index in [9.17, 15) is 9.59 Å². The lowest BCUT2D eigenvalue weighted by Crippen LogP contribution is -2.14. The quantitative estimate of drug-likeness (QED) is 0.225. The summed E-state index contributed by atoms with van der Waals surface area (Å²) in [6.07, 6.45) is 5.52. The summed E-state index contributed by atoms with van der Waals surface area (Å²) in [5, 5.41) is 15.9. The second-order valence-corrected chi connectivity index (χ2v) is 10.1. The van der Waals surface area contributed by atoms with Crippen molar-refractivity contribution >= 4 is 45.6 Å². The largest absolute Gasteiger partial charge is 0.496 e. The van der Waals surface area contributed by atoms with E-state index in [2.05, 4.69) is 25.8 Å². The van der Waals surface area contributed by atoms with Gasteiger partial charge in [-0.25, -0.2) is 0 Å². The second kappa shape index (κ2) is 13.6. The number of anilines is 2. The van der Waals surface area contributed by atoms with E-state index in [1.165, 1.54) is 11.3 Å². The summed E-state index contributed by atoms with van der Waals surface area (Å²) in [7, 11) is 1.59. The average molecular weight is 550 g/mol. The number of halogens is 1. The van der Waals surface area contributed by atoms with Crippen LogP contribution in [0.15, 0.2) is 66.9 Å². The van der Waals surface area contributed by atoms with E-state index in [1.54, 1.807) is 19.4 Å². The lowest BCUT2D eigenvalue weighted by molar-refractivity contribution is -0.116. The molecule has 0 saturated heterocycles. The minimum absolute atomic E-state index is 0.139. The fraction of sp³-hybridized carbons (Fsp3) is 0.250. The van der Waals surface area contributed by atoms with Crippen molar-refractivity contribution in [2.45, 2.75) is 38.5 Å². The molecule has 2 aromatic heterocycles. The molecule has 0 radical (unpaired) electrons. The van der Waals surface area contributed by atoms with Crippen molar-refractivity contribution in [3.05, 3.63) is 93.7 Å². The van der Waals surface area contributed by atoms with Gasteiger partial charge in [-0.15, -0.1) is 10.2 Å². The molecular weight excluding hydrogens is 522 g/mol. The van der Waals surface area contributed by atoms with Gasteiger partial charge < -0.3 is 15.4 Å². The molecule has 0 saturated carbocycles. The maximum atomic E-state index is 12.4. The van der Waals surface area contributed by atoms with Gasteiger partial charge in [-0.05, 0) is 49.1 Å². The maximum Gasteiger partial charge on any atom is 0.230 e. The Kier molecular flexibility index (Phi) is 9.77. The predicted octanol–water partition coefficient (Wildman–Crippen LogP) is 5.52. The smallest absolute Gasteiger partial charge is 0.230 e. The molecule has 2 heterocycles. The van der Waals surface area contributed by atoms with Crippen molar-refractivity contribution in [1.29, 1.82) is 0 Å². The third-order valence-electron chi connectivity index (χ3n) is 5.75. The number of hydrogen-bond donors (Lipinski definition) is 2. The van der Waals surface area contributed by atoms with Gasteiger partial charge in [0.1, 0.15) is 10.8 Å². The van der Waals surface area contributed by atoms with Crippen molar-refractivity contribution in [1.82, 2.24) is 15.2 Å². The first-order valence-electron chi connectivity index (χ1n) is 12.2. The van der Waals surface area contributed by atoms with E-state index < -0.39 is 0 Å². The summed E-state index contributed by atoms with van der Waals surface area (Å²) in [5.41, 5.74) is 3.21. The molecular formula is C28H28ClN5O3S. The molecule has 10 heteroatoms. The Balaban J connectivity index is 1.16. The third-order valence-corrected chi connectivity index (χ3v) is 7.01. The van der Waals surface area contributed by atoms with Crippen LogP contribution in [-0.4, -0.2) is 34.1 Å². The summed E-state index contributed by atoms with van der Waals surface area (Å²) in [4.78, 5) is 29.2. The number of para-hydroxylation sites is 1. The van der Waals surface area contributed by atoms with Crippen LogP contribution in [0, 0.1) is 0 Å². The first-order valence-corrected chi connectivity index (χ1v) is 13.4. The Morgan fingerprint density at radius 1 is 0.868 bits per heavy atom. The van der Waals surface area contributed by atoms with E-state index in [4.69, 9.17) is 16.3 Å². The molecule has 2 N–H and O–H groups in total. The standard InChI is InChI=1S/C28H28ClN5O3S/c1-37-24-12-6-3-9-20(24)17-26(36)32-28-34-33-27(38-28)13-7-4-10-21-14-15-22(18-30-21)31-25(35)16-19-8-2-5-11-23(19)29/h2-3,5-6,8-9,11-12,14-15,18H,4,7,10,13,16-17H2,1H3,(H,31,35)(H,32,34,36). The summed E-state index contributed by atoms with van der Waals surface area (Å²) in [6.45, 7) is 0. The topological polar surface area (TPSA) is 106 Å². The van der Waals surface area contributed by atoms with Gasteiger partial charge >= 0.3 is 0 Å². The van der Waals surface area contributed by atoms with E-state index in [0.29, 0.717) is 21.6 Å². The van der Waals surface area contributed by atoms with Crippen molar-refractivity contribution in [2.75, 3.05) is 17.7 Å². The number of aromatic nitrogens is 3. The number of rotatable bonds is 12. The fourth-order valence-electron chi connectivity index (χ4n) is 3.84.